The van der Waals surface area contributed by atoms with E-state index in [1.54, 1.807) is 38.1 Å². The summed E-state index contributed by atoms with van der Waals surface area (Å²) in [5, 5.41) is 2.69. The molecule has 0 radical (unpaired) electrons. The van der Waals surface area contributed by atoms with Gasteiger partial charge in [0, 0.05) is 12.1 Å². The van der Waals surface area contributed by atoms with E-state index >= 15 is 0 Å². The van der Waals surface area contributed by atoms with Crippen LogP contribution in [0.1, 0.15) is 20.3 Å². The molecular weight excluding hydrogens is 222 g/mol. The maximum absolute atomic E-state index is 11.1. The molecule has 5 heteroatoms. The Morgan fingerprint density at radius 1 is 1.18 bits per heavy atom. The first-order chi connectivity index (χ1) is 8.15. The monoisotopic (exact) mass is 237 g/mol. The summed E-state index contributed by atoms with van der Waals surface area (Å²) in [6.07, 6.45) is -0.320. The first-order valence-electron chi connectivity index (χ1n) is 5.40. The summed E-state index contributed by atoms with van der Waals surface area (Å²) in [4.78, 5) is 22.1. The second kappa shape index (κ2) is 6.52. The van der Waals surface area contributed by atoms with Gasteiger partial charge in [0.15, 0.2) is 0 Å². The van der Waals surface area contributed by atoms with E-state index in [0.29, 0.717) is 17.9 Å². The number of amides is 1. The Kier molecular flexibility index (Phi) is 5.00. The van der Waals surface area contributed by atoms with Gasteiger partial charge in [-0.2, -0.15) is 0 Å². The molecule has 0 saturated heterocycles. The van der Waals surface area contributed by atoms with Gasteiger partial charge in [-0.15, -0.1) is 0 Å². The van der Waals surface area contributed by atoms with Crippen LogP contribution >= 0.6 is 0 Å². The third-order valence-electron chi connectivity index (χ3n) is 1.92. The van der Waals surface area contributed by atoms with Crippen molar-refractivity contribution in [2.24, 2.45) is 0 Å². The Bertz CT molecular complexity index is 386. The van der Waals surface area contributed by atoms with Crippen molar-refractivity contribution in [1.82, 2.24) is 0 Å². The molecule has 17 heavy (non-hydrogen) atoms. The van der Waals surface area contributed by atoms with Crippen molar-refractivity contribution in [1.29, 1.82) is 0 Å². The highest BCUT2D eigenvalue weighted by molar-refractivity contribution is 5.90. The molecule has 0 heterocycles. The van der Waals surface area contributed by atoms with Crippen molar-refractivity contribution in [2.75, 3.05) is 11.9 Å². The molecule has 0 aliphatic rings. The molecule has 0 atom stereocenters. The molecular formula is C12H15NO4. The van der Waals surface area contributed by atoms with E-state index in [1.165, 1.54) is 0 Å². The molecule has 1 aromatic rings. The minimum atomic E-state index is -0.738. The Labute approximate surface area is 99.7 Å². The molecule has 0 unspecified atom stereocenters. The second-order valence-electron chi connectivity index (χ2n) is 3.21. The lowest BCUT2D eigenvalue weighted by molar-refractivity contribution is -0.115. The van der Waals surface area contributed by atoms with Crippen molar-refractivity contribution in [3.05, 3.63) is 24.3 Å². The molecule has 0 aliphatic carbocycles. The van der Waals surface area contributed by atoms with E-state index in [2.05, 4.69) is 10.1 Å². The number of carbonyl (C=O) groups excluding carboxylic acids is 2. The molecule has 1 N–H and O–H groups in total. The number of benzene rings is 1. The van der Waals surface area contributed by atoms with Crippen molar-refractivity contribution in [3.63, 3.8) is 0 Å². The summed E-state index contributed by atoms with van der Waals surface area (Å²) < 4.78 is 9.49. The Balaban J connectivity index is 2.55. The number of anilines is 1. The Morgan fingerprint density at radius 3 is 2.35 bits per heavy atom. The predicted octanol–water partition coefficient (Wildman–Crippen LogP) is 2.57. The largest absolute Gasteiger partial charge is 0.513 e. The van der Waals surface area contributed by atoms with Gasteiger partial charge in [-0.3, -0.25) is 4.79 Å². The fourth-order valence-electron chi connectivity index (χ4n) is 1.10. The van der Waals surface area contributed by atoms with Gasteiger partial charge in [-0.25, -0.2) is 4.79 Å². The van der Waals surface area contributed by atoms with Gasteiger partial charge in [0.2, 0.25) is 5.91 Å². The first-order valence-corrected chi connectivity index (χ1v) is 5.40. The molecule has 0 spiro atoms. The van der Waals surface area contributed by atoms with Crippen molar-refractivity contribution >= 4 is 17.7 Å². The van der Waals surface area contributed by atoms with E-state index in [0.717, 1.165) is 0 Å². The summed E-state index contributed by atoms with van der Waals surface area (Å²) in [5.74, 6) is 0.307. The molecule has 1 amide bonds. The highest BCUT2D eigenvalue weighted by atomic mass is 16.7. The zero-order valence-electron chi connectivity index (χ0n) is 9.86. The number of rotatable bonds is 4. The third-order valence-corrected chi connectivity index (χ3v) is 1.92. The standard InChI is InChI=1S/C12H15NO4/c1-3-11(14)13-9-5-7-10(8-6-9)17-12(15)16-4-2/h5-8H,3-4H2,1-2H3,(H,13,14). The predicted molar refractivity (Wildman–Crippen MR) is 63.0 cm³/mol. The van der Waals surface area contributed by atoms with Gasteiger partial charge in [0.1, 0.15) is 5.75 Å². The van der Waals surface area contributed by atoms with Gasteiger partial charge in [-0.05, 0) is 31.2 Å². The van der Waals surface area contributed by atoms with Crippen LogP contribution in [0.5, 0.6) is 5.75 Å². The van der Waals surface area contributed by atoms with E-state index in [-0.39, 0.29) is 12.5 Å². The van der Waals surface area contributed by atoms with Crippen LogP contribution < -0.4 is 10.1 Å². The van der Waals surface area contributed by atoms with Gasteiger partial charge in [0.25, 0.3) is 0 Å². The van der Waals surface area contributed by atoms with Gasteiger partial charge >= 0.3 is 6.16 Å². The summed E-state index contributed by atoms with van der Waals surface area (Å²) in [7, 11) is 0. The van der Waals surface area contributed by atoms with Gasteiger partial charge in [-0.1, -0.05) is 6.92 Å². The molecule has 1 aromatic carbocycles. The minimum absolute atomic E-state index is 0.0657. The topological polar surface area (TPSA) is 64.6 Å². The number of hydrogen-bond donors (Lipinski definition) is 1. The van der Waals surface area contributed by atoms with Crippen molar-refractivity contribution < 1.29 is 19.1 Å². The van der Waals surface area contributed by atoms with Crippen LogP contribution in [0.25, 0.3) is 0 Å². The Hall–Kier alpha value is -2.04. The zero-order valence-corrected chi connectivity index (χ0v) is 9.86. The van der Waals surface area contributed by atoms with Crippen LogP contribution in [0.2, 0.25) is 0 Å². The summed E-state index contributed by atoms with van der Waals surface area (Å²) in [6, 6.07) is 6.48. The second-order valence-corrected chi connectivity index (χ2v) is 3.21. The van der Waals surface area contributed by atoms with Crippen molar-refractivity contribution in [3.8, 4) is 5.75 Å². The van der Waals surface area contributed by atoms with Crippen LogP contribution in [0.4, 0.5) is 10.5 Å². The van der Waals surface area contributed by atoms with Crippen molar-refractivity contribution in [2.45, 2.75) is 20.3 Å². The Morgan fingerprint density at radius 2 is 1.82 bits per heavy atom. The minimum Gasteiger partial charge on any atom is -0.434 e. The summed E-state index contributed by atoms with van der Waals surface area (Å²) in [6.45, 7) is 3.74. The first kappa shape index (κ1) is 13.0. The highest BCUT2D eigenvalue weighted by Crippen LogP contribution is 2.16. The van der Waals surface area contributed by atoms with Gasteiger partial charge in [0.05, 0.1) is 6.61 Å². The zero-order chi connectivity index (χ0) is 12.7. The number of carbonyl (C=O) groups is 2. The quantitative estimate of drug-likeness (QED) is 0.645. The maximum atomic E-state index is 11.1. The van der Waals surface area contributed by atoms with E-state index in [1.807, 2.05) is 0 Å². The third kappa shape index (κ3) is 4.55. The van der Waals surface area contributed by atoms with E-state index in [4.69, 9.17) is 4.74 Å². The van der Waals surface area contributed by atoms with Crippen LogP contribution in [0.3, 0.4) is 0 Å². The molecule has 0 aliphatic heterocycles. The molecule has 0 saturated carbocycles. The van der Waals surface area contributed by atoms with E-state index in [9.17, 15) is 9.59 Å². The lowest BCUT2D eigenvalue weighted by atomic mass is 10.3. The fraction of sp³-hybridized carbons (Fsp3) is 0.333. The number of nitrogens with one attached hydrogen (secondary N) is 1. The number of hydrogen-bond acceptors (Lipinski definition) is 4. The summed E-state index contributed by atoms with van der Waals surface area (Å²) in [5.41, 5.74) is 0.660. The van der Waals surface area contributed by atoms with Crippen LogP contribution in [0, 0.1) is 0 Å². The van der Waals surface area contributed by atoms with E-state index < -0.39 is 6.16 Å². The average Bonchev–Trinajstić information content (AvgIpc) is 2.32. The summed E-state index contributed by atoms with van der Waals surface area (Å²) >= 11 is 0. The smallest absolute Gasteiger partial charge is 0.434 e. The SMILES string of the molecule is CCOC(=O)Oc1ccc(NC(=O)CC)cc1. The molecule has 0 bridgehead atoms. The molecule has 92 valence electrons. The number of ether oxygens (including phenoxy) is 2. The maximum Gasteiger partial charge on any atom is 0.513 e. The molecule has 0 aromatic heterocycles. The van der Waals surface area contributed by atoms with Crippen LogP contribution in [-0.2, 0) is 9.53 Å². The lowest BCUT2D eigenvalue weighted by Crippen LogP contribution is -2.11. The molecule has 1 rings (SSSR count). The normalized spacial score (nSPS) is 9.53. The molecule has 5 nitrogen and oxygen atoms in total. The highest BCUT2D eigenvalue weighted by Gasteiger charge is 2.05. The van der Waals surface area contributed by atoms with Gasteiger partial charge < -0.3 is 14.8 Å². The van der Waals surface area contributed by atoms with Crippen LogP contribution in [-0.4, -0.2) is 18.7 Å². The fourth-order valence-corrected chi connectivity index (χ4v) is 1.10. The average molecular weight is 237 g/mol. The van der Waals surface area contributed by atoms with Crippen LogP contribution in [0.15, 0.2) is 24.3 Å². The molecule has 0 fully saturated rings. The lowest BCUT2D eigenvalue weighted by Gasteiger charge is -2.06.